The Labute approximate surface area is 126 Å². The summed E-state index contributed by atoms with van der Waals surface area (Å²) in [6.45, 7) is 11.7. The van der Waals surface area contributed by atoms with Crippen LogP contribution in [-0.4, -0.2) is 11.0 Å². The first-order valence-corrected chi connectivity index (χ1v) is 8.02. The molecule has 2 nitrogen and oxygen atoms in total. The van der Waals surface area contributed by atoms with Gasteiger partial charge >= 0.3 is 0 Å². The summed E-state index contributed by atoms with van der Waals surface area (Å²) >= 11 is 1.83. The number of hydrogen-bond donors (Lipinski definition) is 1. The van der Waals surface area contributed by atoms with Crippen molar-refractivity contribution in [1.29, 1.82) is 0 Å². The molecule has 0 saturated heterocycles. The Morgan fingerprint density at radius 2 is 1.90 bits per heavy atom. The molecule has 0 aliphatic heterocycles. The fourth-order valence-corrected chi connectivity index (χ4v) is 3.17. The van der Waals surface area contributed by atoms with Crippen LogP contribution in [0.4, 0.5) is 0 Å². The van der Waals surface area contributed by atoms with E-state index in [9.17, 15) is 0 Å². The Balaban J connectivity index is 2.09. The Kier molecular flexibility index (Phi) is 4.95. The lowest BCUT2D eigenvalue weighted by Gasteiger charge is -2.06. The molecule has 1 aromatic heterocycles. The van der Waals surface area contributed by atoms with Crippen LogP contribution in [0.3, 0.4) is 0 Å². The predicted molar refractivity (Wildman–Crippen MR) is 87.5 cm³/mol. The Morgan fingerprint density at radius 1 is 1.15 bits per heavy atom. The Bertz CT molecular complexity index is 585. The van der Waals surface area contributed by atoms with Crippen LogP contribution in [0.1, 0.15) is 46.1 Å². The van der Waals surface area contributed by atoms with Crippen molar-refractivity contribution in [2.45, 2.75) is 53.6 Å². The minimum absolute atomic E-state index is 0.514. The molecule has 0 amide bonds. The average molecular weight is 288 g/mol. The summed E-state index contributed by atoms with van der Waals surface area (Å²) in [4.78, 5) is 6.07. The molecule has 108 valence electrons. The maximum absolute atomic E-state index is 4.71. The molecule has 2 aromatic rings. The molecular formula is C17H24N2S. The zero-order valence-electron chi connectivity index (χ0n) is 13.1. The van der Waals surface area contributed by atoms with Gasteiger partial charge in [-0.3, -0.25) is 0 Å². The Morgan fingerprint density at radius 3 is 2.55 bits per heavy atom. The molecule has 0 unspecified atom stereocenters. The zero-order chi connectivity index (χ0) is 14.7. The molecule has 0 spiro atoms. The third-order valence-corrected chi connectivity index (χ3v) is 4.69. The highest BCUT2D eigenvalue weighted by molar-refractivity contribution is 7.11. The molecule has 0 atom stereocenters. The number of thiazole rings is 1. The van der Waals surface area contributed by atoms with Crippen LogP contribution in [0.15, 0.2) is 18.2 Å². The van der Waals surface area contributed by atoms with Gasteiger partial charge in [-0.25, -0.2) is 4.98 Å². The summed E-state index contributed by atoms with van der Waals surface area (Å²) < 4.78 is 0. The van der Waals surface area contributed by atoms with Gasteiger partial charge in [0, 0.05) is 23.9 Å². The van der Waals surface area contributed by atoms with E-state index in [1.807, 2.05) is 11.3 Å². The first-order chi connectivity index (χ1) is 9.45. The van der Waals surface area contributed by atoms with Crippen molar-refractivity contribution in [3.8, 4) is 0 Å². The highest BCUT2D eigenvalue weighted by Crippen LogP contribution is 2.22. The van der Waals surface area contributed by atoms with Gasteiger partial charge in [0.2, 0.25) is 0 Å². The molecule has 2 rings (SSSR count). The third kappa shape index (κ3) is 3.90. The number of hydrogen-bond acceptors (Lipinski definition) is 3. The van der Waals surface area contributed by atoms with Gasteiger partial charge in [-0.15, -0.1) is 11.3 Å². The van der Waals surface area contributed by atoms with Crippen molar-refractivity contribution in [3.05, 3.63) is 50.5 Å². The van der Waals surface area contributed by atoms with Gasteiger partial charge in [0.05, 0.1) is 10.7 Å². The fraction of sp³-hybridized carbons (Fsp3) is 0.471. The molecule has 0 fully saturated rings. The van der Waals surface area contributed by atoms with Crippen LogP contribution >= 0.6 is 11.3 Å². The van der Waals surface area contributed by atoms with E-state index in [0.29, 0.717) is 6.04 Å². The summed E-state index contributed by atoms with van der Waals surface area (Å²) in [6, 6.07) is 7.20. The SMILES string of the molecule is Cc1ccc(Cc2nc(C)c(CNC(C)C)s2)cc1C. The third-order valence-electron chi connectivity index (χ3n) is 3.53. The van der Waals surface area contributed by atoms with E-state index >= 15 is 0 Å². The number of aryl methyl sites for hydroxylation is 3. The van der Waals surface area contributed by atoms with Crippen LogP contribution in [-0.2, 0) is 13.0 Å². The quantitative estimate of drug-likeness (QED) is 0.893. The topological polar surface area (TPSA) is 24.9 Å². The van der Waals surface area contributed by atoms with Gasteiger partial charge in [-0.1, -0.05) is 32.0 Å². The smallest absolute Gasteiger partial charge is 0.0975 e. The lowest BCUT2D eigenvalue weighted by molar-refractivity contribution is 0.591. The van der Waals surface area contributed by atoms with E-state index in [0.717, 1.165) is 13.0 Å². The van der Waals surface area contributed by atoms with E-state index in [1.54, 1.807) is 0 Å². The minimum Gasteiger partial charge on any atom is -0.310 e. The van der Waals surface area contributed by atoms with E-state index < -0.39 is 0 Å². The molecule has 0 radical (unpaired) electrons. The van der Waals surface area contributed by atoms with Crippen LogP contribution in [0.2, 0.25) is 0 Å². The highest BCUT2D eigenvalue weighted by atomic mass is 32.1. The van der Waals surface area contributed by atoms with Crippen LogP contribution < -0.4 is 5.32 Å². The van der Waals surface area contributed by atoms with Gasteiger partial charge in [0.15, 0.2) is 0 Å². The van der Waals surface area contributed by atoms with Gasteiger partial charge < -0.3 is 5.32 Å². The second kappa shape index (κ2) is 6.51. The molecule has 0 aliphatic rings. The van der Waals surface area contributed by atoms with Gasteiger partial charge in [-0.2, -0.15) is 0 Å². The summed E-state index contributed by atoms with van der Waals surface area (Å²) in [6.07, 6.45) is 0.939. The second-order valence-electron chi connectivity index (χ2n) is 5.75. The molecular weight excluding hydrogens is 264 g/mol. The van der Waals surface area contributed by atoms with Crippen molar-refractivity contribution in [2.75, 3.05) is 0 Å². The average Bonchev–Trinajstić information content (AvgIpc) is 2.72. The summed E-state index contributed by atoms with van der Waals surface area (Å²) in [5.41, 5.74) is 5.23. The highest BCUT2D eigenvalue weighted by Gasteiger charge is 2.09. The van der Waals surface area contributed by atoms with Crippen LogP contribution in [0.25, 0.3) is 0 Å². The molecule has 0 bridgehead atoms. The van der Waals surface area contributed by atoms with Gasteiger partial charge in [0.1, 0.15) is 0 Å². The molecule has 20 heavy (non-hydrogen) atoms. The van der Waals surface area contributed by atoms with E-state index in [-0.39, 0.29) is 0 Å². The lowest BCUT2D eigenvalue weighted by Crippen LogP contribution is -2.21. The number of aromatic nitrogens is 1. The second-order valence-corrected chi connectivity index (χ2v) is 6.92. The van der Waals surface area contributed by atoms with E-state index in [4.69, 9.17) is 4.98 Å². The lowest BCUT2D eigenvalue weighted by atomic mass is 10.0. The number of benzene rings is 1. The monoisotopic (exact) mass is 288 g/mol. The minimum atomic E-state index is 0.514. The van der Waals surface area contributed by atoms with Gasteiger partial charge in [0.25, 0.3) is 0 Å². The zero-order valence-corrected chi connectivity index (χ0v) is 13.9. The largest absolute Gasteiger partial charge is 0.310 e. The predicted octanol–water partition coefficient (Wildman–Crippen LogP) is 4.16. The maximum Gasteiger partial charge on any atom is 0.0975 e. The summed E-state index contributed by atoms with van der Waals surface area (Å²) in [5.74, 6) is 0. The molecule has 0 saturated carbocycles. The summed E-state index contributed by atoms with van der Waals surface area (Å²) in [7, 11) is 0. The van der Waals surface area contributed by atoms with Crippen molar-refractivity contribution < 1.29 is 0 Å². The first-order valence-electron chi connectivity index (χ1n) is 7.20. The van der Waals surface area contributed by atoms with Crippen molar-refractivity contribution >= 4 is 11.3 Å². The van der Waals surface area contributed by atoms with Crippen molar-refractivity contribution in [1.82, 2.24) is 10.3 Å². The van der Waals surface area contributed by atoms with Gasteiger partial charge in [-0.05, 0) is 37.5 Å². The van der Waals surface area contributed by atoms with Crippen molar-refractivity contribution in [3.63, 3.8) is 0 Å². The Hall–Kier alpha value is -1.19. The molecule has 1 aromatic carbocycles. The molecule has 0 aliphatic carbocycles. The van der Waals surface area contributed by atoms with E-state index in [2.05, 4.69) is 58.1 Å². The van der Waals surface area contributed by atoms with E-state index in [1.165, 1.54) is 32.3 Å². The normalized spacial score (nSPS) is 11.3. The standard InChI is InChI=1S/C17H24N2S/c1-11(2)18-10-16-14(5)19-17(20-16)9-15-7-6-12(3)13(4)8-15/h6-8,11,18H,9-10H2,1-5H3. The number of rotatable bonds is 5. The first kappa shape index (κ1) is 15.2. The van der Waals surface area contributed by atoms with Crippen LogP contribution in [0.5, 0.6) is 0 Å². The maximum atomic E-state index is 4.71. The summed E-state index contributed by atoms with van der Waals surface area (Å²) in [5, 5.41) is 4.68. The number of nitrogens with zero attached hydrogens (tertiary/aromatic N) is 1. The molecule has 3 heteroatoms. The fourth-order valence-electron chi connectivity index (χ4n) is 2.11. The molecule has 1 heterocycles. The number of nitrogens with one attached hydrogen (secondary N) is 1. The molecule has 1 N–H and O–H groups in total. The van der Waals surface area contributed by atoms with Crippen molar-refractivity contribution in [2.24, 2.45) is 0 Å². The van der Waals surface area contributed by atoms with Crippen LogP contribution in [0, 0.1) is 20.8 Å².